The summed E-state index contributed by atoms with van der Waals surface area (Å²) >= 11 is 0. The molecule has 28 nitrogen and oxygen atoms in total. The molecule has 4 rings (SSSR count). The van der Waals surface area contributed by atoms with E-state index in [-0.39, 0.29) is 201 Å². The maximum atomic E-state index is 12.3. The molecule has 1 unspecified atom stereocenters. The lowest BCUT2D eigenvalue weighted by molar-refractivity contribution is -0.152. The maximum absolute atomic E-state index is 12.3. The minimum atomic E-state index is -0.980. The lowest BCUT2D eigenvalue weighted by Crippen LogP contribution is -2.48. The van der Waals surface area contributed by atoms with Crippen molar-refractivity contribution in [1.29, 1.82) is 0 Å². The minimum Gasteiger partial charge on any atom is -0.378 e. The molecule has 1 atom stereocenters. The average Bonchev–Trinajstić information content (AvgIpc) is 4.14. The molecule has 4 aliphatic heterocycles. The third-order valence-electron chi connectivity index (χ3n) is 11.9. The van der Waals surface area contributed by atoms with E-state index in [0.717, 1.165) is 68.2 Å². The molecule has 78 heavy (non-hydrogen) atoms. The van der Waals surface area contributed by atoms with Crippen LogP contribution in [0.2, 0.25) is 0 Å². The Morgan fingerprint density at radius 3 is 0.821 bits per heavy atom. The second kappa shape index (κ2) is 35.5. The van der Waals surface area contributed by atoms with Gasteiger partial charge in [-0.15, -0.1) is 0 Å². The van der Waals surface area contributed by atoms with Crippen molar-refractivity contribution >= 4 is 70.9 Å². The third kappa shape index (κ3) is 23.4. The zero-order chi connectivity index (χ0) is 56.5. The van der Waals surface area contributed by atoms with Crippen molar-refractivity contribution in [3.8, 4) is 0 Å². The molecule has 430 valence electrons. The predicted octanol–water partition coefficient (Wildman–Crippen LogP) is -3.78. The third-order valence-corrected chi connectivity index (χ3v) is 11.9. The highest BCUT2D eigenvalue weighted by atomic mass is 16.6. The molecule has 0 aromatic heterocycles. The van der Waals surface area contributed by atoms with Crippen molar-refractivity contribution in [3.05, 3.63) is 48.6 Å². The van der Waals surface area contributed by atoms with E-state index in [1.807, 2.05) is 6.92 Å². The molecule has 0 aliphatic carbocycles. The number of carbonyl (C=O) groups is 12. The van der Waals surface area contributed by atoms with Crippen LogP contribution in [0.15, 0.2) is 48.6 Å². The van der Waals surface area contributed by atoms with E-state index in [9.17, 15) is 57.5 Å². The van der Waals surface area contributed by atoms with Crippen LogP contribution in [-0.2, 0) is 95.4 Å². The molecule has 0 saturated carbocycles. The van der Waals surface area contributed by atoms with E-state index in [1.54, 1.807) is 0 Å². The molecule has 0 saturated heterocycles. The summed E-state index contributed by atoms with van der Waals surface area (Å²) in [6, 6.07) is 0. The molecular formula is C50H70N8O20. The van der Waals surface area contributed by atoms with Crippen LogP contribution in [-0.4, -0.2) is 248 Å². The molecule has 0 spiro atoms. The number of carbonyl (C=O) groups excluding carboxylic acids is 12. The Morgan fingerprint density at radius 1 is 0.359 bits per heavy atom. The second-order valence-electron chi connectivity index (χ2n) is 17.5. The SMILES string of the molecule is CC(OCCOCCNC(=O)CCN1C(=O)C=CC1=O)C(COCCOCCNC(=O)CCN1C(=O)C=CC1=O)(COCCOCCNC(=O)CCN1C(=O)C=CC1=O)COCCOCCNC(=O)CCN1C(=O)C=CC1=O. The van der Waals surface area contributed by atoms with Gasteiger partial charge in [0.05, 0.1) is 111 Å². The smallest absolute Gasteiger partial charge is 0.253 e. The molecule has 0 bridgehead atoms. The number of hydrogen-bond donors (Lipinski definition) is 4. The Hall–Kier alpha value is -6.92. The standard InChI is InChI=1S/C50H70N8O20/c1-37(78-33-32-74-25-17-54-41(62)13-21-58-48(69)8-9-49(58)70)50(34-75-29-26-71-22-14-51-38(59)10-18-55-42(63)2-3-43(55)64,35-76-30-27-72-23-15-52-39(60)11-19-56-44(65)4-5-45(56)66)36-77-31-28-73-24-16-53-40(61)12-20-57-46(67)6-7-47(57)68/h2-9,37H,10-36H2,1H3,(H,51,59)(H,52,60)(H,53,61)(H,54,62). The van der Waals surface area contributed by atoms with Gasteiger partial charge < -0.3 is 59.2 Å². The molecular weight excluding hydrogens is 1030 g/mol. The van der Waals surface area contributed by atoms with E-state index < -0.39 is 58.8 Å². The summed E-state index contributed by atoms with van der Waals surface area (Å²) in [7, 11) is 0. The summed E-state index contributed by atoms with van der Waals surface area (Å²) in [5.74, 6) is -5.26. The minimum absolute atomic E-state index is 0.0315. The van der Waals surface area contributed by atoms with Crippen LogP contribution < -0.4 is 21.3 Å². The fraction of sp³-hybridized carbons (Fsp3) is 0.600. The van der Waals surface area contributed by atoms with Gasteiger partial charge in [-0.05, 0) is 6.92 Å². The number of ether oxygens (including phenoxy) is 8. The van der Waals surface area contributed by atoms with E-state index in [2.05, 4.69) is 21.3 Å². The number of rotatable bonds is 44. The summed E-state index contributed by atoms with van der Waals surface area (Å²) < 4.78 is 47.4. The largest absolute Gasteiger partial charge is 0.378 e. The van der Waals surface area contributed by atoms with Crippen molar-refractivity contribution in [2.75, 3.05) is 151 Å². The molecule has 0 radical (unpaired) electrons. The van der Waals surface area contributed by atoms with E-state index in [0.29, 0.717) is 0 Å². The molecule has 12 amide bonds. The number of amides is 12. The number of nitrogens with one attached hydrogen (secondary N) is 4. The van der Waals surface area contributed by atoms with Gasteiger partial charge in [-0.2, -0.15) is 0 Å². The van der Waals surface area contributed by atoms with Crippen molar-refractivity contribution < 1.29 is 95.4 Å². The molecule has 4 heterocycles. The Labute approximate surface area is 450 Å². The first-order chi connectivity index (χ1) is 37.6. The van der Waals surface area contributed by atoms with Crippen molar-refractivity contribution in [3.63, 3.8) is 0 Å². The Bertz CT molecular complexity index is 1980. The van der Waals surface area contributed by atoms with Crippen molar-refractivity contribution in [2.45, 2.75) is 38.7 Å². The maximum Gasteiger partial charge on any atom is 0.253 e. The quantitative estimate of drug-likeness (QED) is 0.0336. The van der Waals surface area contributed by atoms with Crippen LogP contribution in [0.1, 0.15) is 32.6 Å². The van der Waals surface area contributed by atoms with E-state index in [1.165, 1.54) is 0 Å². The second-order valence-corrected chi connectivity index (χ2v) is 17.5. The fourth-order valence-electron chi connectivity index (χ4n) is 7.39. The molecule has 4 aliphatic rings. The van der Waals surface area contributed by atoms with Crippen LogP contribution in [0, 0.1) is 5.41 Å². The molecule has 4 N–H and O–H groups in total. The van der Waals surface area contributed by atoms with Crippen molar-refractivity contribution in [2.24, 2.45) is 5.41 Å². The monoisotopic (exact) mass is 1100 g/mol. The van der Waals surface area contributed by atoms with Gasteiger partial charge in [-0.1, -0.05) is 0 Å². The normalized spacial score (nSPS) is 15.6. The first kappa shape index (κ1) is 63.6. The summed E-state index contributed by atoms with van der Waals surface area (Å²) in [4.78, 5) is 147. The first-order valence-electron chi connectivity index (χ1n) is 25.5. The van der Waals surface area contributed by atoms with Gasteiger partial charge in [0.25, 0.3) is 47.3 Å². The highest BCUT2D eigenvalue weighted by Crippen LogP contribution is 2.27. The van der Waals surface area contributed by atoms with Crippen LogP contribution in [0.25, 0.3) is 0 Å². The van der Waals surface area contributed by atoms with E-state index >= 15 is 0 Å². The molecule has 0 aromatic carbocycles. The van der Waals surface area contributed by atoms with Gasteiger partial charge in [-0.25, -0.2) is 0 Å². The average molecular weight is 1100 g/mol. The molecule has 0 aromatic rings. The summed E-state index contributed by atoms with van der Waals surface area (Å²) in [5.41, 5.74) is -0.980. The summed E-state index contributed by atoms with van der Waals surface area (Å²) in [6.07, 6.45) is 8.28. The van der Waals surface area contributed by atoms with Crippen LogP contribution in [0.3, 0.4) is 0 Å². The highest BCUT2D eigenvalue weighted by molar-refractivity contribution is 6.14. The summed E-state index contributed by atoms with van der Waals surface area (Å²) in [6.45, 7) is 3.87. The topological polar surface area (TPSA) is 340 Å². The molecule has 28 heteroatoms. The number of imide groups is 4. The lowest BCUT2D eigenvalue weighted by Gasteiger charge is -2.38. The van der Waals surface area contributed by atoms with E-state index in [4.69, 9.17) is 37.9 Å². The van der Waals surface area contributed by atoms with Gasteiger partial charge >= 0.3 is 0 Å². The van der Waals surface area contributed by atoms with Gasteiger partial charge in [0, 0.05) is 127 Å². The van der Waals surface area contributed by atoms with Crippen LogP contribution in [0.4, 0.5) is 0 Å². The van der Waals surface area contributed by atoms with Gasteiger partial charge in [0.15, 0.2) is 0 Å². The van der Waals surface area contributed by atoms with Gasteiger partial charge in [0.1, 0.15) is 0 Å². The van der Waals surface area contributed by atoms with Crippen molar-refractivity contribution in [1.82, 2.24) is 40.9 Å². The lowest BCUT2D eigenvalue weighted by atomic mass is 9.85. The number of nitrogens with zero attached hydrogens (tertiary/aromatic N) is 4. The zero-order valence-electron chi connectivity index (χ0n) is 43.7. The van der Waals surface area contributed by atoms with Gasteiger partial charge in [-0.3, -0.25) is 77.1 Å². The zero-order valence-corrected chi connectivity index (χ0v) is 43.7. The Morgan fingerprint density at radius 2 is 0.577 bits per heavy atom. The molecule has 0 fully saturated rings. The first-order valence-corrected chi connectivity index (χ1v) is 25.5. The Balaban J connectivity index is 1.25. The fourth-order valence-corrected chi connectivity index (χ4v) is 7.39. The predicted molar refractivity (Wildman–Crippen MR) is 268 cm³/mol. The Kier molecular flexibility index (Phi) is 28.9. The summed E-state index contributed by atoms with van der Waals surface area (Å²) in [5, 5.41) is 10.7. The van der Waals surface area contributed by atoms with Crippen LogP contribution >= 0.6 is 0 Å². The van der Waals surface area contributed by atoms with Gasteiger partial charge in [0.2, 0.25) is 23.6 Å². The number of hydrogen-bond acceptors (Lipinski definition) is 20. The highest BCUT2D eigenvalue weighted by Gasteiger charge is 2.39. The van der Waals surface area contributed by atoms with Crippen LogP contribution in [0.5, 0.6) is 0 Å².